The van der Waals surface area contributed by atoms with Crippen molar-refractivity contribution in [2.45, 2.75) is 69.8 Å². The second-order valence-electron chi connectivity index (χ2n) is 11.5. The van der Waals surface area contributed by atoms with E-state index in [-0.39, 0.29) is 43.5 Å². The van der Waals surface area contributed by atoms with Crippen LogP contribution < -0.4 is 0 Å². The Morgan fingerprint density at radius 2 is 1.84 bits per heavy atom. The number of hydrogen-bond acceptors (Lipinski definition) is 15. The van der Waals surface area contributed by atoms with Gasteiger partial charge >= 0.3 is 23.9 Å². The zero-order valence-electron chi connectivity index (χ0n) is 24.7. The summed E-state index contributed by atoms with van der Waals surface area (Å²) in [5.74, 6) is -6.23. The highest BCUT2D eigenvalue weighted by Crippen LogP contribution is 2.47. The third-order valence-corrected chi connectivity index (χ3v) is 9.00. The number of fused-ring (bicyclic) bond motifs is 1. The third-order valence-electron chi connectivity index (χ3n) is 9.00. The molecule has 0 spiro atoms. The first-order chi connectivity index (χ1) is 20.9. The lowest BCUT2D eigenvalue weighted by molar-refractivity contribution is -0.339. The number of ether oxygens (including phenoxy) is 7. The summed E-state index contributed by atoms with van der Waals surface area (Å²) in [6.45, 7) is 6.25. The van der Waals surface area contributed by atoms with Gasteiger partial charge in [-0.3, -0.25) is 14.4 Å². The lowest BCUT2D eigenvalue weighted by Crippen LogP contribution is -2.60. The van der Waals surface area contributed by atoms with E-state index in [1.54, 1.807) is 0 Å². The smallest absolute Gasteiger partial charge is 0.337 e. The molecule has 15 nitrogen and oxygen atoms in total. The van der Waals surface area contributed by atoms with Crippen LogP contribution in [0.3, 0.4) is 0 Å². The number of rotatable bonds is 10. The van der Waals surface area contributed by atoms with E-state index in [0.29, 0.717) is 0 Å². The summed E-state index contributed by atoms with van der Waals surface area (Å²) in [5, 5.41) is 40.2. The summed E-state index contributed by atoms with van der Waals surface area (Å²) in [6.07, 6.45) is -6.68. The molecule has 4 N–H and O–H groups in total. The lowest BCUT2D eigenvalue weighted by Gasteiger charge is -2.43. The van der Waals surface area contributed by atoms with Crippen molar-refractivity contribution in [3.63, 3.8) is 0 Å². The summed E-state index contributed by atoms with van der Waals surface area (Å²) in [4.78, 5) is 49.8. The summed E-state index contributed by atoms with van der Waals surface area (Å²) in [6, 6.07) is 0. The van der Waals surface area contributed by atoms with E-state index in [0.717, 1.165) is 6.26 Å². The number of cyclic esters (lactones) is 1. The Morgan fingerprint density at radius 1 is 1.11 bits per heavy atom. The van der Waals surface area contributed by atoms with E-state index in [1.807, 2.05) is 6.92 Å². The lowest BCUT2D eigenvalue weighted by atomic mass is 9.80. The van der Waals surface area contributed by atoms with E-state index < -0.39 is 97.3 Å². The number of carbonyl (C=O) groups is 4. The molecular weight excluding hydrogens is 588 g/mol. The minimum Gasteiger partial charge on any atom is -0.471 e. The number of aliphatic hydroxyl groups excluding tert-OH is 4. The first-order valence-electron chi connectivity index (χ1n) is 14.5. The average molecular weight is 629 g/mol. The minimum atomic E-state index is -1.70. The molecule has 3 aliphatic heterocycles. The van der Waals surface area contributed by atoms with Crippen molar-refractivity contribution in [1.82, 2.24) is 0 Å². The Balaban J connectivity index is 1.53. The molecule has 4 rings (SSSR count). The Kier molecular flexibility index (Phi) is 11.0. The Hall–Kier alpha value is -3.08. The molecule has 0 amide bonds. The number of aliphatic hydroxyl groups is 4. The highest BCUT2D eigenvalue weighted by Gasteiger charge is 2.55. The molecule has 0 bridgehead atoms. The quantitative estimate of drug-likeness (QED) is 0.0983. The third kappa shape index (κ3) is 6.77. The van der Waals surface area contributed by atoms with Crippen LogP contribution in [0.4, 0.5) is 0 Å². The molecule has 0 unspecified atom stereocenters. The molecule has 0 aromatic carbocycles. The summed E-state index contributed by atoms with van der Waals surface area (Å²) in [7, 11) is 1.19. The van der Waals surface area contributed by atoms with Gasteiger partial charge in [0, 0.05) is 24.7 Å². The van der Waals surface area contributed by atoms with Gasteiger partial charge in [-0.2, -0.15) is 0 Å². The zero-order chi connectivity index (χ0) is 32.3. The van der Waals surface area contributed by atoms with Gasteiger partial charge in [-0.05, 0) is 24.7 Å². The maximum Gasteiger partial charge on any atom is 0.337 e. The van der Waals surface area contributed by atoms with Crippen LogP contribution in [-0.4, -0.2) is 114 Å². The van der Waals surface area contributed by atoms with Crippen molar-refractivity contribution in [3.05, 3.63) is 24.5 Å². The van der Waals surface area contributed by atoms with Crippen LogP contribution in [0.2, 0.25) is 0 Å². The van der Waals surface area contributed by atoms with Crippen molar-refractivity contribution in [1.29, 1.82) is 0 Å². The Bertz CT molecular complexity index is 1110. The molecule has 13 atom stereocenters. The monoisotopic (exact) mass is 628 g/mol. The molecule has 0 aromatic heterocycles. The first kappa shape index (κ1) is 33.8. The second kappa shape index (κ2) is 14.3. The molecule has 2 saturated heterocycles. The van der Waals surface area contributed by atoms with Gasteiger partial charge in [-0.15, -0.1) is 6.58 Å². The molecule has 15 heteroatoms. The van der Waals surface area contributed by atoms with Gasteiger partial charge in [0.05, 0.1) is 38.8 Å². The van der Waals surface area contributed by atoms with Gasteiger partial charge in [0.15, 0.2) is 12.2 Å². The number of hydrogen-bond donors (Lipinski definition) is 4. The molecule has 3 heterocycles. The van der Waals surface area contributed by atoms with Gasteiger partial charge in [-0.25, -0.2) is 4.79 Å². The maximum absolute atomic E-state index is 13.6. The maximum atomic E-state index is 13.6. The van der Waals surface area contributed by atoms with E-state index in [4.69, 9.17) is 33.2 Å². The topological polar surface area (TPSA) is 214 Å². The van der Waals surface area contributed by atoms with E-state index in [1.165, 1.54) is 20.1 Å². The van der Waals surface area contributed by atoms with E-state index in [9.17, 15) is 39.6 Å². The summed E-state index contributed by atoms with van der Waals surface area (Å²) < 4.78 is 38.1. The predicted molar refractivity (Wildman–Crippen MR) is 143 cm³/mol. The molecule has 1 aliphatic carbocycles. The fraction of sp³-hybridized carbons (Fsp3) is 0.724. The molecule has 1 saturated carbocycles. The van der Waals surface area contributed by atoms with E-state index >= 15 is 0 Å². The predicted octanol–water partition coefficient (Wildman–Crippen LogP) is -1.06. The van der Waals surface area contributed by atoms with Crippen molar-refractivity contribution in [2.75, 3.05) is 26.9 Å². The van der Waals surface area contributed by atoms with Crippen molar-refractivity contribution in [2.24, 2.45) is 35.5 Å². The highest BCUT2D eigenvalue weighted by molar-refractivity contribution is 5.96. The zero-order valence-corrected chi connectivity index (χ0v) is 24.7. The van der Waals surface area contributed by atoms with Crippen LogP contribution in [0.25, 0.3) is 0 Å². The number of carbonyl (C=O) groups excluding carboxylic acids is 4. The van der Waals surface area contributed by atoms with Crippen LogP contribution in [0.15, 0.2) is 24.5 Å². The summed E-state index contributed by atoms with van der Waals surface area (Å²) in [5.41, 5.74) is 0.0784. The largest absolute Gasteiger partial charge is 0.471 e. The molecular formula is C29H40O15. The number of esters is 4. The first-order valence-corrected chi connectivity index (χ1v) is 14.5. The van der Waals surface area contributed by atoms with Crippen LogP contribution >= 0.6 is 0 Å². The van der Waals surface area contributed by atoms with Crippen LogP contribution in [0.1, 0.15) is 26.7 Å². The van der Waals surface area contributed by atoms with Crippen LogP contribution in [0.5, 0.6) is 0 Å². The van der Waals surface area contributed by atoms with Crippen molar-refractivity contribution < 1.29 is 72.8 Å². The fourth-order valence-electron chi connectivity index (χ4n) is 6.49. The van der Waals surface area contributed by atoms with Gasteiger partial charge in [0.2, 0.25) is 6.29 Å². The molecule has 3 fully saturated rings. The fourth-order valence-corrected chi connectivity index (χ4v) is 6.49. The number of methoxy groups -OCH3 is 1. The Morgan fingerprint density at radius 3 is 2.48 bits per heavy atom. The van der Waals surface area contributed by atoms with Crippen LogP contribution in [-0.2, 0) is 52.3 Å². The molecule has 0 aromatic rings. The van der Waals surface area contributed by atoms with Gasteiger partial charge < -0.3 is 53.6 Å². The van der Waals surface area contributed by atoms with Crippen molar-refractivity contribution >= 4 is 23.9 Å². The van der Waals surface area contributed by atoms with Gasteiger partial charge in [0.25, 0.3) is 0 Å². The Labute approximate surface area is 253 Å². The molecule has 44 heavy (non-hydrogen) atoms. The van der Waals surface area contributed by atoms with Gasteiger partial charge in [-0.1, -0.05) is 13.0 Å². The molecule has 0 radical (unpaired) electrons. The second-order valence-corrected chi connectivity index (χ2v) is 11.5. The molecule has 246 valence electrons. The molecule has 4 aliphatic rings. The van der Waals surface area contributed by atoms with Gasteiger partial charge in [0.1, 0.15) is 30.5 Å². The normalized spacial score (nSPS) is 40.0. The SMILES string of the molecule is C=C[C@H]1[C@H](O[C@@H]2O[C@H](CO)[C@@H](O)[C@H](O)[C@H]2O)OC=C(C(=O)O[C@H]2C[C@@H]3[C@@H](C(=O)OC)C(=O)OC[C@@H]3[C@H]2C)[C@H]1CCOC(C)=O. The summed E-state index contributed by atoms with van der Waals surface area (Å²) >= 11 is 0. The highest BCUT2D eigenvalue weighted by atomic mass is 16.8. The van der Waals surface area contributed by atoms with Crippen molar-refractivity contribution in [3.8, 4) is 0 Å². The standard InChI is InChI=1S/C29H40O15/c1-5-14-15(6-7-39-13(3)31)18(11-41-28(14)44-29-24(34)23(33)22(32)20(9-30)43-29)25(35)42-19-8-16-17(12(19)2)10-40-27(37)21(16)26(36)38-4/h5,11-12,14-17,19-24,28-30,32-34H,1,6-10H2,2-4H3/t12-,14-,15+,16+,17-,19+,20-,21+,22-,23+,24-,28+,29+/m1/s1. The van der Waals surface area contributed by atoms with Crippen LogP contribution in [0, 0.1) is 35.5 Å². The minimum absolute atomic E-state index is 0.0774. The van der Waals surface area contributed by atoms with E-state index in [2.05, 4.69) is 6.58 Å². The average Bonchev–Trinajstić information content (AvgIpc) is 3.30.